The fourth-order valence-corrected chi connectivity index (χ4v) is 8.49. The van der Waals surface area contributed by atoms with Crippen LogP contribution in [0.15, 0.2) is 207 Å². The van der Waals surface area contributed by atoms with Gasteiger partial charge in [0.2, 0.25) is 0 Å². The van der Waals surface area contributed by atoms with E-state index in [2.05, 4.69) is 201 Å². The predicted molar refractivity (Wildman–Crippen MR) is 231 cm³/mol. The first-order chi connectivity index (χ1) is 27.3. The Morgan fingerprint density at radius 2 is 1.09 bits per heavy atom. The maximum atomic E-state index is 4.41. The lowest BCUT2D eigenvalue weighted by Crippen LogP contribution is -2.10. The van der Waals surface area contributed by atoms with Gasteiger partial charge in [-0.05, 0) is 118 Å². The number of nitrogens with zero attached hydrogens (tertiary/aromatic N) is 4. The number of rotatable bonds is 6. The Bertz CT molecular complexity index is 3150. The zero-order valence-electron chi connectivity index (χ0n) is 29.9. The van der Waals surface area contributed by atoms with E-state index in [1.54, 1.807) is 0 Å². The van der Waals surface area contributed by atoms with Crippen LogP contribution in [0.4, 0.5) is 17.1 Å². The van der Waals surface area contributed by atoms with Crippen molar-refractivity contribution in [1.29, 1.82) is 0 Å². The third-order valence-corrected chi connectivity index (χ3v) is 11.0. The van der Waals surface area contributed by atoms with Crippen LogP contribution in [0.5, 0.6) is 0 Å². The number of hydrogen-bond acceptors (Lipinski definition) is 2. The second kappa shape index (κ2) is 12.6. The molecule has 0 aliphatic rings. The van der Waals surface area contributed by atoms with Gasteiger partial charge < -0.3 is 14.0 Å². The fraction of sp³-hybridized carbons (Fsp3) is 0. The highest BCUT2D eigenvalue weighted by Crippen LogP contribution is 2.40. The lowest BCUT2D eigenvalue weighted by atomic mass is 9.95. The molecule has 0 spiro atoms. The van der Waals surface area contributed by atoms with E-state index in [-0.39, 0.29) is 0 Å². The number of pyridine rings is 1. The van der Waals surface area contributed by atoms with Crippen molar-refractivity contribution >= 4 is 71.2 Å². The molecule has 55 heavy (non-hydrogen) atoms. The SMILES string of the molecule is c1ccc(N(c2ccc(-n3ccc4cc(-c5ccc6c(ccn6-c6cc7ccccc7c7ccccc67)c5)c5ccccc5c43)cc2)c2cccnc2)cc1. The Hall–Kier alpha value is -7.43. The van der Waals surface area contributed by atoms with Crippen molar-refractivity contribution in [3.8, 4) is 22.5 Å². The molecule has 258 valence electrons. The predicted octanol–water partition coefficient (Wildman–Crippen LogP) is 13.6. The van der Waals surface area contributed by atoms with Gasteiger partial charge in [-0.2, -0.15) is 0 Å². The van der Waals surface area contributed by atoms with Crippen LogP contribution in [0.1, 0.15) is 0 Å². The van der Waals surface area contributed by atoms with Gasteiger partial charge in [-0.25, -0.2) is 0 Å². The minimum Gasteiger partial charge on any atom is -0.316 e. The third-order valence-electron chi connectivity index (χ3n) is 11.0. The summed E-state index contributed by atoms with van der Waals surface area (Å²) in [6.07, 6.45) is 8.13. The van der Waals surface area contributed by atoms with Gasteiger partial charge in [0.1, 0.15) is 0 Å². The first-order valence-corrected chi connectivity index (χ1v) is 18.7. The topological polar surface area (TPSA) is 26.0 Å². The van der Waals surface area contributed by atoms with Crippen LogP contribution in [-0.4, -0.2) is 14.1 Å². The Kier molecular flexibility index (Phi) is 7.14. The highest BCUT2D eigenvalue weighted by molar-refractivity contribution is 6.14. The minimum atomic E-state index is 1.02. The molecule has 0 aliphatic heterocycles. The summed E-state index contributed by atoms with van der Waals surface area (Å²) in [6.45, 7) is 0. The second-order valence-electron chi connectivity index (χ2n) is 14.1. The molecule has 0 saturated heterocycles. The smallest absolute Gasteiger partial charge is 0.0644 e. The molecule has 8 aromatic carbocycles. The van der Waals surface area contributed by atoms with Gasteiger partial charge >= 0.3 is 0 Å². The Morgan fingerprint density at radius 1 is 0.418 bits per heavy atom. The van der Waals surface area contributed by atoms with Crippen LogP contribution in [0.25, 0.3) is 76.6 Å². The first kappa shape index (κ1) is 31.1. The van der Waals surface area contributed by atoms with Gasteiger partial charge in [0.15, 0.2) is 0 Å². The maximum Gasteiger partial charge on any atom is 0.0644 e. The van der Waals surface area contributed by atoms with Crippen molar-refractivity contribution in [3.05, 3.63) is 207 Å². The molecule has 0 fully saturated rings. The molecule has 4 nitrogen and oxygen atoms in total. The van der Waals surface area contributed by atoms with Crippen molar-refractivity contribution in [2.45, 2.75) is 0 Å². The van der Waals surface area contributed by atoms with Gasteiger partial charge in [0.25, 0.3) is 0 Å². The summed E-state index contributed by atoms with van der Waals surface area (Å²) in [7, 11) is 0. The molecular formula is C51H34N4. The normalized spacial score (nSPS) is 11.6. The average molecular weight is 703 g/mol. The lowest BCUT2D eigenvalue weighted by molar-refractivity contribution is 1.13. The number of hydrogen-bond donors (Lipinski definition) is 0. The van der Waals surface area contributed by atoms with Crippen molar-refractivity contribution in [1.82, 2.24) is 14.1 Å². The van der Waals surface area contributed by atoms with Crippen LogP contribution in [0, 0.1) is 0 Å². The van der Waals surface area contributed by atoms with Crippen molar-refractivity contribution in [2.24, 2.45) is 0 Å². The van der Waals surface area contributed by atoms with E-state index >= 15 is 0 Å². The van der Waals surface area contributed by atoms with Crippen LogP contribution in [0.3, 0.4) is 0 Å². The summed E-state index contributed by atoms with van der Waals surface area (Å²) < 4.78 is 4.66. The third kappa shape index (κ3) is 5.11. The summed E-state index contributed by atoms with van der Waals surface area (Å²) in [6, 6.07) is 65.6. The number of para-hydroxylation sites is 1. The number of anilines is 3. The molecule has 0 saturated carbocycles. The summed E-state index contributed by atoms with van der Waals surface area (Å²) >= 11 is 0. The quantitative estimate of drug-likeness (QED) is 0.161. The molecule has 0 aliphatic carbocycles. The van der Waals surface area contributed by atoms with Gasteiger partial charge in [-0.3, -0.25) is 4.98 Å². The standard InChI is InChI=1S/C51H34N4/c1-2-12-40(13-3-1)55(42-14-10-28-52-34-42)41-23-21-39(22-24-41)53-29-27-38-32-48(45-17-7-9-19-47(45)51(38)53)36-20-25-49-37(31-36)26-30-54(49)50-33-35-11-4-5-15-43(35)44-16-6-8-18-46(44)50/h1-34H. The van der Waals surface area contributed by atoms with E-state index < -0.39 is 0 Å². The van der Waals surface area contributed by atoms with E-state index in [4.69, 9.17) is 0 Å². The maximum absolute atomic E-state index is 4.41. The van der Waals surface area contributed by atoms with Crippen molar-refractivity contribution < 1.29 is 0 Å². The van der Waals surface area contributed by atoms with Crippen molar-refractivity contribution in [2.75, 3.05) is 4.90 Å². The molecule has 0 unspecified atom stereocenters. The molecular weight excluding hydrogens is 669 g/mol. The van der Waals surface area contributed by atoms with E-state index in [0.717, 1.165) is 22.7 Å². The lowest BCUT2D eigenvalue weighted by Gasteiger charge is -2.25. The minimum absolute atomic E-state index is 1.02. The highest BCUT2D eigenvalue weighted by Gasteiger charge is 2.17. The summed E-state index contributed by atoms with van der Waals surface area (Å²) in [5, 5.41) is 9.94. The Balaban J connectivity index is 0.998. The fourth-order valence-electron chi connectivity index (χ4n) is 8.49. The van der Waals surface area contributed by atoms with Crippen LogP contribution in [0.2, 0.25) is 0 Å². The van der Waals surface area contributed by atoms with Gasteiger partial charge in [0.05, 0.1) is 28.6 Å². The molecule has 0 bridgehead atoms. The summed E-state index contributed by atoms with van der Waals surface area (Å²) in [4.78, 5) is 6.64. The molecule has 11 aromatic rings. The van der Waals surface area contributed by atoms with Gasteiger partial charge in [-0.15, -0.1) is 0 Å². The average Bonchev–Trinajstić information content (AvgIpc) is 3.89. The number of fused-ring (bicyclic) bond motifs is 7. The van der Waals surface area contributed by atoms with E-state index in [0.29, 0.717) is 0 Å². The monoisotopic (exact) mass is 702 g/mol. The largest absolute Gasteiger partial charge is 0.316 e. The van der Waals surface area contributed by atoms with Crippen LogP contribution in [-0.2, 0) is 0 Å². The molecule has 11 rings (SSSR count). The molecule has 3 aromatic heterocycles. The van der Waals surface area contributed by atoms with Gasteiger partial charge in [0, 0.05) is 57.2 Å². The Morgan fingerprint density at radius 3 is 1.91 bits per heavy atom. The molecule has 0 amide bonds. The molecule has 0 radical (unpaired) electrons. The zero-order valence-corrected chi connectivity index (χ0v) is 29.9. The zero-order chi connectivity index (χ0) is 36.3. The summed E-state index contributed by atoms with van der Waals surface area (Å²) in [5.41, 5.74) is 10.3. The molecule has 4 heteroatoms. The van der Waals surface area contributed by atoms with E-state index in [1.165, 1.54) is 70.9 Å². The second-order valence-corrected chi connectivity index (χ2v) is 14.1. The molecule has 0 N–H and O–H groups in total. The summed E-state index contributed by atoms with van der Waals surface area (Å²) in [5.74, 6) is 0. The number of aromatic nitrogens is 3. The number of benzene rings is 8. The van der Waals surface area contributed by atoms with Gasteiger partial charge in [-0.1, -0.05) is 97.1 Å². The van der Waals surface area contributed by atoms with E-state index in [1.807, 2.05) is 24.5 Å². The molecule has 0 atom stereocenters. The van der Waals surface area contributed by atoms with Crippen molar-refractivity contribution in [3.63, 3.8) is 0 Å². The highest BCUT2D eigenvalue weighted by atomic mass is 15.1. The molecule has 3 heterocycles. The van der Waals surface area contributed by atoms with Crippen LogP contribution < -0.4 is 4.90 Å². The van der Waals surface area contributed by atoms with E-state index in [9.17, 15) is 0 Å². The Labute approximate surface area is 318 Å². The first-order valence-electron chi connectivity index (χ1n) is 18.7. The van der Waals surface area contributed by atoms with Crippen LogP contribution >= 0.6 is 0 Å².